The molecule has 0 aliphatic carbocycles. The number of aromatic carboxylic acids is 1. The van der Waals surface area contributed by atoms with Crippen molar-refractivity contribution < 1.29 is 85.6 Å². The van der Waals surface area contributed by atoms with E-state index in [2.05, 4.69) is 48.6 Å². The molecule has 0 unspecified atom stereocenters. The molecule has 0 aliphatic heterocycles. The molecule has 0 fully saturated rings. The van der Waals surface area contributed by atoms with E-state index in [0.717, 1.165) is 12.0 Å². The number of azo groups is 2. The Morgan fingerprint density at radius 3 is 2.24 bits per heavy atom. The van der Waals surface area contributed by atoms with Gasteiger partial charge in [-0.1, -0.05) is 15.1 Å². The third-order valence-corrected chi connectivity index (χ3v) is 12.4. The van der Waals surface area contributed by atoms with E-state index >= 15 is 0 Å². The molecule has 328 valence electrons. The summed E-state index contributed by atoms with van der Waals surface area (Å²) in [5.41, 5.74) is 6.90. The van der Waals surface area contributed by atoms with Crippen LogP contribution in [-0.2, 0) is 53.5 Å². The number of aryl methyl sites for hydroxylation is 2. The topological polar surface area (TPSA) is 325 Å². The fourth-order valence-corrected chi connectivity index (χ4v) is 8.36. The van der Waals surface area contributed by atoms with Crippen molar-refractivity contribution >= 4 is 109 Å². The summed E-state index contributed by atoms with van der Waals surface area (Å²) in [6.45, 7) is 1.60. The lowest BCUT2D eigenvalue weighted by Crippen LogP contribution is -2.38. The molecule has 5 rings (SSSR count). The number of aromatic nitrogens is 1. The first-order chi connectivity index (χ1) is 29.8. The van der Waals surface area contributed by atoms with Crippen LogP contribution >= 0.6 is 48.2 Å². The van der Waals surface area contributed by atoms with Gasteiger partial charge in [0.15, 0.2) is 34.5 Å². The molecule has 6 N–H and O–H groups in total. The fraction of sp³-hybridized carbons (Fsp3) is 0.147. The molecule has 4 aromatic carbocycles. The number of anilines is 1. The minimum absolute atomic E-state index is 0.00906. The number of hydrogen-bond donors (Lipinski definition) is 5. The van der Waals surface area contributed by atoms with Gasteiger partial charge in [-0.2, -0.15) is 0 Å². The molecule has 0 amide bonds. The third-order valence-electron chi connectivity index (χ3n) is 8.02. The standard InChI is InChI=1S/C34H30N6O17S5/c1-18-12-25(26(50-2)15-27(18)59-51-30(41)17-58-55-52-45)37-39-32-29(61-57-54-47)14-22-21(33(32)42)6-7-23(35)31(22)38-36-24-8-5-20(13-28(24)60-56-53-46)62(48,49)11-10-40-9-3-4-19(16-40)34(43)44/h3-9,12-16H,10-11,17H2,1-2H3,(H6-,35,36,37,42,43,44,45,46,47). The van der Waals surface area contributed by atoms with Crippen LogP contribution in [0.15, 0.2) is 113 Å². The highest BCUT2D eigenvalue weighted by Gasteiger charge is 2.22. The Morgan fingerprint density at radius 1 is 0.823 bits per heavy atom. The molecule has 5 aromatic rings. The number of carbonyl (C=O) groups is 2. The number of nitrogen functional groups attached to an aromatic ring is 1. The van der Waals surface area contributed by atoms with Crippen LogP contribution in [0.5, 0.6) is 11.5 Å². The number of fused-ring (bicyclic) bond motifs is 1. The number of ether oxygens (including phenoxy) is 1. The Kier molecular flexibility index (Phi) is 17.6. The molecule has 62 heavy (non-hydrogen) atoms. The van der Waals surface area contributed by atoms with E-state index in [1.807, 2.05) is 0 Å². The van der Waals surface area contributed by atoms with E-state index in [1.165, 1.54) is 78.7 Å². The SMILES string of the molecule is COc1cc(SOC(=O)CSOOO)c(C)cc1N=Nc1c(SOOO)cc2c(N=Nc3ccc(S(=O)(=O)CC[n+]4cccc(C(=O)[O-])c4)cc3SOOO)c(N)ccc2c1O. The van der Waals surface area contributed by atoms with Gasteiger partial charge in [0.2, 0.25) is 0 Å². The van der Waals surface area contributed by atoms with Gasteiger partial charge in [-0.05, 0) is 67.1 Å². The van der Waals surface area contributed by atoms with E-state index in [-0.39, 0.29) is 77.5 Å². The predicted molar refractivity (Wildman–Crippen MR) is 216 cm³/mol. The summed E-state index contributed by atoms with van der Waals surface area (Å²) in [5.74, 6) is -3.09. The maximum absolute atomic E-state index is 13.3. The van der Waals surface area contributed by atoms with Gasteiger partial charge in [0.05, 0.1) is 80.0 Å². The number of phenolic OH excluding ortho intramolecular Hbond substituents is 1. The van der Waals surface area contributed by atoms with E-state index in [4.69, 9.17) is 30.4 Å². The van der Waals surface area contributed by atoms with Gasteiger partial charge in [0, 0.05) is 28.9 Å². The number of pyridine rings is 1. The summed E-state index contributed by atoms with van der Waals surface area (Å²) in [4.78, 5) is 23.5. The van der Waals surface area contributed by atoms with Crippen molar-refractivity contribution in [2.45, 2.75) is 33.1 Å². The summed E-state index contributed by atoms with van der Waals surface area (Å²) in [7, 11) is -2.63. The Labute approximate surface area is 366 Å². The largest absolute Gasteiger partial charge is 0.545 e. The minimum Gasteiger partial charge on any atom is -0.545 e. The normalized spacial score (nSPS) is 11.8. The molecule has 1 aromatic heterocycles. The average molecular weight is 955 g/mol. The first-order valence-electron chi connectivity index (χ1n) is 16.7. The van der Waals surface area contributed by atoms with E-state index in [9.17, 15) is 28.2 Å². The Bertz CT molecular complexity index is 2610. The number of rotatable bonds is 22. The molecule has 28 heteroatoms. The zero-order valence-corrected chi connectivity index (χ0v) is 35.6. The summed E-state index contributed by atoms with van der Waals surface area (Å²) in [6.07, 6.45) is 2.74. The zero-order valence-electron chi connectivity index (χ0n) is 31.5. The first kappa shape index (κ1) is 47.9. The van der Waals surface area contributed by atoms with Crippen LogP contribution < -0.4 is 20.1 Å². The molecule has 23 nitrogen and oxygen atoms in total. The molecule has 1 heterocycles. The molecule has 0 bridgehead atoms. The fourth-order valence-electron chi connectivity index (χ4n) is 5.16. The second kappa shape index (κ2) is 22.8. The number of carboxylic acids is 1. The lowest BCUT2D eigenvalue weighted by atomic mass is 10.1. The van der Waals surface area contributed by atoms with Gasteiger partial charge in [-0.25, -0.2) is 28.8 Å². The summed E-state index contributed by atoms with van der Waals surface area (Å²) < 4.78 is 52.0. The highest BCUT2D eigenvalue weighted by molar-refractivity contribution is 7.96. The van der Waals surface area contributed by atoms with Gasteiger partial charge in [0.25, 0.3) is 0 Å². The van der Waals surface area contributed by atoms with E-state index in [0.29, 0.717) is 46.6 Å². The number of aromatic hydroxyl groups is 1. The third kappa shape index (κ3) is 12.5. The maximum atomic E-state index is 13.3. The van der Waals surface area contributed by atoms with Crippen LogP contribution in [0, 0.1) is 6.92 Å². The average Bonchev–Trinajstić information content (AvgIpc) is 3.26. The first-order valence-corrected chi connectivity index (χ1v) is 21.5. The Hall–Kier alpha value is -5.18. The van der Waals surface area contributed by atoms with Crippen LogP contribution in [-0.4, -0.2) is 59.9 Å². The number of carboxylic acid groups (broad SMARTS) is 1. The lowest BCUT2D eigenvalue weighted by Gasteiger charge is -2.12. The van der Waals surface area contributed by atoms with Crippen molar-refractivity contribution in [2.24, 2.45) is 20.5 Å². The number of benzene rings is 4. The van der Waals surface area contributed by atoms with E-state index < -0.39 is 33.3 Å². The van der Waals surface area contributed by atoms with Crippen LogP contribution in [0.2, 0.25) is 0 Å². The number of hydrogen-bond acceptors (Lipinski definition) is 26. The quantitative estimate of drug-likeness (QED) is 0.00897. The van der Waals surface area contributed by atoms with Gasteiger partial charge in [-0.3, -0.25) is 4.79 Å². The summed E-state index contributed by atoms with van der Waals surface area (Å²) in [5, 5.41) is 77.0. The van der Waals surface area contributed by atoms with Gasteiger partial charge >= 0.3 is 5.97 Å². The van der Waals surface area contributed by atoms with Crippen LogP contribution in [0.25, 0.3) is 10.8 Å². The van der Waals surface area contributed by atoms with Crippen LogP contribution in [0.1, 0.15) is 15.9 Å². The van der Waals surface area contributed by atoms with E-state index in [1.54, 1.807) is 13.0 Å². The number of sulfone groups is 1. The molecule has 0 radical (unpaired) electrons. The monoisotopic (exact) mass is 954 g/mol. The van der Waals surface area contributed by atoms with Gasteiger partial charge < -0.3 is 29.7 Å². The van der Waals surface area contributed by atoms with Crippen molar-refractivity contribution in [2.75, 3.05) is 24.3 Å². The highest BCUT2D eigenvalue weighted by atomic mass is 32.2. The maximum Gasteiger partial charge on any atom is 0.330 e. The molecule has 0 spiro atoms. The minimum atomic E-state index is -3.99. The van der Waals surface area contributed by atoms with Crippen LogP contribution in [0.3, 0.4) is 0 Å². The van der Waals surface area contributed by atoms with Gasteiger partial charge in [-0.15, -0.1) is 33.5 Å². The Morgan fingerprint density at radius 2 is 1.53 bits per heavy atom. The summed E-state index contributed by atoms with van der Waals surface area (Å²) >= 11 is 2.08. The highest BCUT2D eigenvalue weighted by Crippen LogP contribution is 2.48. The summed E-state index contributed by atoms with van der Waals surface area (Å²) in [6, 6.07) is 13.9. The van der Waals surface area contributed by atoms with Crippen molar-refractivity contribution in [1.82, 2.24) is 0 Å². The number of methoxy groups -OCH3 is 1. The van der Waals surface area contributed by atoms with Crippen molar-refractivity contribution in [3.05, 3.63) is 84.2 Å². The smallest absolute Gasteiger partial charge is 0.330 e. The van der Waals surface area contributed by atoms with Crippen molar-refractivity contribution in [3.8, 4) is 11.5 Å². The molecular weight excluding hydrogens is 925 g/mol. The van der Waals surface area contributed by atoms with Crippen LogP contribution in [0.4, 0.5) is 28.4 Å². The molecular formula is C34H30N6O17S5. The van der Waals surface area contributed by atoms with Crippen molar-refractivity contribution in [3.63, 3.8) is 0 Å². The Balaban J connectivity index is 1.46. The van der Waals surface area contributed by atoms with Crippen molar-refractivity contribution in [1.29, 1.82) is 0 Å². The number of nitrogens with zero attached hydrogens (tertiary/aromatic N) is 5. The van der Waals surface area contributed by atoms with Gasteiger partial charge in [0.1, 0.15) is 40.0 Å². The second-order valence-electron chi connectivity index (χ2n) is 11.8. The molecule has 0 atom stereocenters. The number of nitrogens with two attached hydrogens (primary N) is 1. The lowest BCUT2D eigenvalue weighted by molar-refractivity contribution is -0.692. The number of carbonyl (C=O) groups excluding carboxylic acids is 2. The molecule has 0 saturated carbocycles. The molecule has 0 aliphatic rings. The zero-order chi connectivity index (χ0) is 44.8. The molecule has 0 saturated heterocycles. The predicted octanol–water partition coefficient (Wildman–Crippen LogP) is 6.88. The number of phenols is 1. The second-order valence-corrected chi connectivity index (χ2v) is 16.8.